The van der Waals surface area contributed by atoms with Gasteiger partial charge in [0.15, 0.2) is 5.70 Å². The van der Waals surface area contributed by atoms with Crippen LogP contribution < -0.4 is 0 Å². The maximum Gasteiger partial charge on any atom is 0.363 e. The average molecular weight is 429 g/mol. The first kappa shape index (κ1) is 20.6. The molecule has 2 aromatic rings. The molecule has 0 amide bonds. The minimum atomic E-state index is -3.62. The van der Waals surface area contributed by atoms with Crippen molar-refractivity contribution in [3.05, 3.63) is 59.2 Å². The van der Waals surface area contributed by atoms with E-state index >= 15 is 0 Å². The van der Waals surface area contributed by atoms with E-state index in [9.17, 15) is 13.2 Å². The van der Waals surface area contributed by atoms with Gasteiger partial charge in [0.05, 0.1) is 4.90 Å². The van der Waals surface area contributed by atoms with E-state index in [2.05, 4.69) is 11.9 Å². The highest BCUT2D eigenvalue weighted by atomic mass is 32.2. The number of aliphatic imine (C=N–C) groups is 1. The van der Waals surface area contributed by atoms with Crippen molar-refractivity contribution in [3.8, 4) is 0 Å². The van der Waals surface area contributed by atoms with Gasteiger partial charge in [-0.1, -0.05) is 26.8 Å². The van der Waals surface area contributed by atoms with Crippen molar-refractivity contribution in [1.82, 2.24) is 4.31 Å². The number of hydrogen-bond donors (Lipinski definition) is 0. The molecular weight excluding hydrogens is 404 g/mol. The van der Waals surface area contributed by atoms with E-state index in [1.54, 1.807) is 32.1 Å². The Morgan fingerprint density at radius 1 is 1.20 bits per heavy atom. The van der Waals surface area contributed by atoms with Gasteiger partial charge in [0.2, 0.25) is 15.9 Å². The molecule has 1 aromatic heterocycles. The Bertz CT molecular complexity index is 1140. The van der Waals surface area contributed by atoms with Gasteiger partial charge in [-0.2, -0.15) is 4.31 Å². The molecule has 1 aliphatic carbocycles. The topological polar surface area (TPSA) is 89.2 Å². The lowest BCUT2D eigenvalue weighted by Crippen LogP contribution is -2.30. The lowest BCUT2D eigenvalue weighted by molar-refractivity contribution is -0.129. The standard InChI is InChI=1S/C22H24N2O5S/c1-4-24(5-2)30(26,27)17-8-6-7-15(12-17)21-23-19(22(25)29-21)13-16-9-10-20(28-16)18-11-14(18)3/h6-10,12-14,18H,4-5,11H2,1-3H3/b19-13-. The molecular formula is C22H24N2O5S. The average Bonchev–Trinajstić information content (AvgIpc) is 3.11. The Kier molecular flexibility index (Phi) is 5.38. The van der Waals surface area contributed by atoms with Crippen LogP contribution in [0.5, 0.6) is 0 Å². The number of furan rings is 1. The van der Waals surface area contributed by atoms with E-state index in [1.807, 2.05) is 12.1 Å². The third-order valence-electron chi connectivity index (χ3n) is 5.45. The number of esters is 1. The fourth-order valence-electron chi connectivity index (χ4n) is 3.53. The molecule has 8 heteroatoms. The van der Waals surface area contributed by atoms with Crippen molar-refractivity contribution in [2.75, 3.05) is 13.1 Å². The molecule has 1 saturated carbocycles. The summed E-state index contributed by atoms with van der Waals surface area (Å²) in [5.41, 5.74) is 0.540. The summed E-state index contributed by atoms with van der Waals surface area (Å²) >= 11 is 0. The number of benzene rings is 1. The molecule has 158 valence electrons. The van der Waals surface area contributed by atoms with Crippen LogP contribution in [0.2, 0.25) is 0 Å². The van der Waals surface area contributed by atoms with Gasteiger partial charge in [-0.3, -0.25) is 0 Å². The van der Waals surface area contributed by atoms with Crippen LogP contribution in [0.4, 0.5) is 0 Å². The summed E-state index contributed by atoms with van der Waals surface area (Å²) in [5, 5.41) is 0. The van der Waals surface area contributed by atoms with Crippen molar-refractivity contribution >= 4 is 28.0 Å². The van der Waals surface area contributed by atoms with Crippen molar-refractivity contribution in [1.29, 1.82) is 0 Å². The first-order valence-corrected chi connectivity index (χ1v) is 11.5. The van der Waals surface area contributed by atoms with Crippen LogP contribution in [-0.4, -0.2) is 37.7 Å². The van der Waals surface area contributed by atoms with Crippen molar-refractivity contribution in [3.63, 3.8) is 0 Å². The number of hydrogen-bond acceptors (Lipinski definition) is 6. The molecule has 0 radical (unpaired) electrons. The quantitative estimate of drug-likeness (QED) is 0.495. The number of cyclic esters (lactones) is 1. The summed E-state index contributed by atoms with van der Waals surface area (Å²) in [6.45, 7) is 6.49. The largest absolute Gasteiger partial charge is 0.461 e. The molecule has 4 rings (SSSR count). The molecule has 1 aromatic carbocycles. The Morgan fingerprint density at radius 3 is 2.60 bits per heavy atom. The Labute approximate surface area is 176 Å². The van der Waals surface area contributed by atoms with Gasteiger partial charge in [-0.25, -0.2) is 18.2 Å². The third kappa shape index (κ3) is 3.85. The van der Waals surface area contributed by atoms with Crippen molar-refractivity contribution in [2.45, 2.75) is 38.0 Å². The number of rotatable bonds is 7. The zero-order chi connectivity index (χ0) is 21.5. The molecule has 0 saturated heterocycles. The summed E-state index contributed by atoms with van der Waals surface area (Å²) in [6.07, 6.45) is 2.66. The maximum atomic E-state index is 12.8. The van der Waals surface area contributed by atoms with Crippen molar-refractivity contribution in [2.24, 2.45) is 10.9 Å². The summed E-state index contributed by atoms with van der Waals surface area (Å²) in [7, 11) is -3.62. The van der Waals surface area contributed by atoms with E-state index < -0.39 is 16.0 Å². The van der Waals surface area contributed by atoms with Crippen LogP contribution in [0.3, 0.4) is 0 Å². The van der Waals surface area contributed by atoms with E-state index in [0.717, 1.165) is 12.2 Å². The molecule has 0 spiro atoms. The van der Waals surface area contributed by atoms with E-state index in [4.69, 9.17) is 9.15 Å². The summed E-state index contributed by atoms with van der Waals surface area (Å²) < 4.78 is 38.0. The third-order valence-corrected chi connectivity index (χ3v) is 7.49. The van der Waals surface area contributed by atoms with Crippen LogP contribution in [0.1, 0.15) is 50.2 Å². The monoisotopic (exact) mass is 428 g/mol. The second kappa shape index (κ2) is 7.85. The van der Waals surface area contributed by atoms with Gasteiger partial charge >= 0.3 is 5.97 Å². The van der Waals surface area contributed by atoms with Crippen LogP contribution in [-0.2, 0) is 19.6 Å². The molecule has 2 unspecified atom stereocenters. The van der Waals surface area contributed by atoms with Crippen LogP contribution in [0.15, 0.2) is 56.4 Å². The van der Waals surface area contributed by atoms with Crippen molar-refractivity contribution < 1.29 is 22.4 Å². The fourth-order valence-corrected chi connectivity index (χ4v) is 5.04. The molecule has 2 heterocycles. The number of sulfonamides is 1. The predicted octanol–water partition coefficient (Wildman–Crippen LogP) is 3.78. The highest BCUT2D eigenvalue weighted by Gasteiger charge is 2.36. The highest BCUT2D eigenvalue weighted by molar-refractivity contribution is 7.89. The fraction of sp³-hybridized carbons (Fsp3) is 0.364. The molecule has 1 fully saturated rings. The lowest BCUT2D eigenvalue weighted by Gasteiger charge is -2.18. The summed E-state index contributed by atoms with van der Waals surface area (Å²) in [5.74, 6) is 2.00. The smallest absolute Gasteiger partial charge is 0.363 e. The molecule has 0 bridgehead atoms. The molecule has 0 N–H and O–H groups in total. The number of carbonyl (C=O) groups is 1. The normalized spacial score (nSPS) is 22.5. The van der Waals surface area contributed by atoms with Gasteiger partial charge in [0.1, 0.15) is 11.5 Å². The van der Waals surface area contributed by atoms with Gasteiger partial charge in [-0.15, -0.1) is 0 Å². The SMILES string of the molecule is CCN(CC)S(=O)(=O)c1cccc(C2=N/C(=C\c3ccc(C4CC4C)o3)C(=O)O2)c1. The van der Waals surface area contributed by atoms with Crippen LogP contribution >= 0.6 is 0 Å². The van der Waals surface area contributed by atoms with Gasteiger partial charge in [0, 0.05) is 30.6 Å². The predicted molar refractivity (Wildman–Crippen MR) is 112 cm³/mol. The Morgan fingerprint density at radius 2 is 1.93 bits per heavy atom. The van der Waals surface area contributed by atoms with E-state index in [1.165, 1.54) is 16.4 Å². The van der Waals surface area contributed by atoms with Crippen LogP contribution in [0.25, 0.3) is 6.08 Å². The molecule has 30 heavy (non-hydrogen) atoms. The molecule has 1 aliphatic heterocycles. The minimum Gasteiger partial charge on any atom is -0.461 e. The molecule has 7 nitrogen and oxygen atoms in total. The van der Waals surface area contributed by atoms with Gasteiger partial charge in [0.25, 0.3) is 0 Å². The summed E-state index contributed by atoms with van der Waals surface area (Å²) in [4.78, 5) is 16.7. The highest BCUT2D eigenvalue weighted by Crippen LogP contribution is 2.47. The zero-order valence-corrected chi connectivity index (χ0v) is 18.0. The van der Waals surface area contributed by atoms with Gasteiger partial charge in [-0.05, 0) is 42.7 Å². The molecule has 2 atom stereocenters. The van der Waals surface area contributed by atoms with E-state index in [0.29, 0.717) is 36.2 Å². The Hall–Kier alpha value is -2.71. The summed E-state index contributed by atoms with van der Waals surface area (Å²) in [6, 6.07) is 10.0. The number of ether oxygens (including phenoxy) is 1. The molecule has 2 aliphatic rings. The first-order chi connectivity index (χ1) is 14.3. The number of nitrogens with zero attached hydrogens (tertiary/aromatic N) is 2. The first-order valence-electron chi connectivity index (χ1n) is 10.1. The van der Waals surface area contributed by atoms with Crippen LogP contribution in [0, 0.1) is 5.92 Å². The lowest BCUT2D eigenvalue weighted by atomic mass is 10.2. The van der Waals surface area contributed by atoms with E-state index in [-0.39, 0.29) is 16.5 Å². The van der Waals surface area contributed by atoms with Gasteiger partial charge < -0.3 is 9.15 Å². The second-order valence-corrected chi connectivity index (χ2v) is 9.45. The minimum absolute atomic E-state index is 0.0745. The maximum absolute atomic E-state index is 12.8. The number of carbonyl (C=O) groups excluding carboxylic acids is 1. The zero-order valence-electron chi connectivity index (χ0n) is 17.2. The Balaban J connectivity index is 1.61. The second-order valence-electron chi connectivity index (χ2n) is 7.51.